The van der Waals surface area contributed by atoms with Crippen molar-refractivity contribution in [3.8, 4) is 5.75 Å². The summed E-state index contributed by atoms with van der Waals surface area (Å²) in [4.78, 5) is 24.2. The molecule has 0 aliphatic carbocycles. The molecule has 1 amide bonds. The van der Waals surface area contributed by atoms with Gasteiger partial charge in [0, 0.05) is 4.90 Å². The van der Waals surface area contributed by atoms with Gasteiger partial charge in [0.05, 0.1) is 12.9 Å². The highest BCUT2D eigenvalue weighted by molar-refractivity contribution is 8.00. The second-order valence-corrected chi connectivity index (χ2v) is 6.05. The molecule has 116 valence electrons. The Balaban J connectivity index is 2.54. The summed E-state index contributed by atoms with van der Waals surface area (Å²) in [6, 6.07) is 6.17. The Morgan fingerprint density at radius 1 is 1.33 bits per heavy atom. The zero-order valence-electron chi connectivity index (χ0n) is 12.5. The largest absolute Gasteiger partial charge is 0.507 e. The third kappa shape index (κ3) is 6.08. The molecule has 0 radical (unpaired) electrons. The molecule has 0 heterocycles. The van der Waals surface area contributed by atoms with Crippen molar-refractivity contribution >= 4 is 23.6 Å². The summed E-state index contributed by atoms with van der Waals surface area (Å²) in [6.45, 7) is 3.94. The first kappa shape index (κ1) is 17.4. The van der Waals surface area contributed by atoms with Gasteiger partial charge < -0.3 is 15.2 Å². The number of esters is 1. The Hall–Kier alpha value is -1.69. The molecule has 0 saturated carbocycles. The van der Waals surface area contributed by atoms with E-state index in [0.717, 1.165) is 0 Å². The highest BCUT2D eigenvalue weighted by Crippen LogP contribution is 2.27. The molecule has 0 fully saturated rings. The highest BCUT2D eigenvalue weighted by atomic mass is 32.2. The number of carbonyl (C=O) groups excluding carboxylic acids is 2. The van der Waals surface area contributed by atoms with Crippen LogP contribution >= 0.6 is 11.8 Å². The van der Waals surface area contributed by atoms with Crippen LogP contribution < -0.4 is 5.32 Å². The van der Waals surface area contributed by atoms with Crippen molar-refractivity contribution in [1.29, 1.82) is 0 Å². The van der Waals surface area contributed by atoms with E-state index in [4.69, 9.17) is 4.74 Å². The topological polar surface area (TPSA) is 75.6 Å². The number of carbonyl (C=O) groups is 2. The van der Waals surface area contributed by atoms with Gasteiger partial charge in [-0.1, -0.05) is 26.0 Å². The lowest BCUT2D eigenvalue weighted by molar-refractivity contribution is -0.145. The maximum atomic E-state index is 11.9. The predicted octanol–water partition coefficient (Wildman–Crippen LogP) is 2.19. The molecule has 0 aromatic heterocycles. The standard InChI is InChI=1S/C15H21NO4S/c1-10(2)8-11(15(19)20-3)16-14(18)9-21-13-7-5-4-6-12(13)17/h4-7,10-11,17H,8-9H2,1-3H3,(H,16,18). The first-order chi connectivity index (χ1) is 9.93. The summed E-state index contributed by atoms with van der Waals surface area (Å²) in [6.07, 6.45) is 0.527. The summed E-state index contributed by atoms with van der Waals surface area (Å²) in [7, 11) is 1.30. The third-order valence-corrected chi connectivity index (χ3v) is 3.81. The van der Waals surface area contributed by atoms with Gasteiger partial charge in [-0.05, 0) is 24.5 Å². The van der Waals surface area contributed by atoms with Crippen molar-refractivity contribution in [2.24, 2.45) is 5.92 Å². The second kappa shape index (κ2) is 8.56. The van der Waals surface area contributed by atoms with Crippen molar-refractivity contribution in [3.63, 3.8) is 0 Å². The van der Waals surface area contributed by atoms with E-state index in [-0.39, 0.29) is 23.3 Å². The van der Waals surface area contributed by atoms with Crippen molar-refractivity contribution < 1.29 is 19.4 Å². The van der Waals surface area contributed by atoms with Gasteiger partial charge in [0.15, 0.2) is 0 Å². The number of hydrogen-bond donors (Lipinski definition) is 2. The van der Waals surface area contributed by atoms with Crippen LogP contribution in [0.4, 0.5) is 0 Å². The molecule has 2 N–H and O–H groups in total. The summed E-state index contributed by atoms with van der Waals surface area (Å²) in [5, 5.41) is 12.3. The minimum Gasteiger partial charge on any atom is -0.507 e. The summed E-state index contributed by atoms with van der Waals surface area (Å²) < 4.78 is 4.70. The molecule has 0 bridgehead atoms. The summed E-state index contributed by atoms with van der Waals surface area (Å²) >= 11 is 1.22. The van der Waals surface area contributed by atoms with Gasteiger partial charge in [-0.25, -0.2) is 4.79 Å². The van der Waals surface area contributed by atoms with E-state index < -0.39 is 12.0 Å². The van der Waals surface area contributed by atoms with Crippen LogP contribution in [0.5, 0.6) is 5.75 Å². The molecule has 1 rings (SSSR count). The quantitative estimate of drug-likeness (QED) is 0.596. The molecule has 1 aromatic carbocycles. The number of aromatic hydroxyl groups is 1. The van der Waals surface area contributed by atoms with Gasteiger partial charge in [-0.3, -0.25) is 4.79 Å². The number of thioether (sulfide) groups is 1. The molecule has 6 heteroatoms. The molecule has 1 unspecified atom stereocenters. The van der Waals surface area contributed by atoms with E-state index in [1.165, 1.54) is 18.9 Å². The van der Waals surface area contributed by atoms with Gasteiger partial charge in [-0.15, -0.1) is 11.8 Å². The zero-order valence-corrected chi connectivity index (χ0v) is 13.3. The average molecular weight is 311 g/mol. The van der Waals surface area contributed by atoms with Crippen molar-refractivity contribution in [3.05, 3.63) is 24.3 Å². The van der Waals surface area contributed by atoms with Gasteiger partial charge in [0.2, 0.25) is 5.91 Å². The number of phenols is 1. The van der Waals surface area contributed by atoms with E-state index in [9.17, 15) is 14.7 Å². The van der Waals surface area contributed by atoms with Gasteiger partial charge in [0.25, 0.3) is 0 Å². The minimum absolute atomic E-state index is 0.128. The maximum Gasteiger partial charge on any atom is 0.328 e. The van der Waals surface area contributed by atoms with Crippen LogP contribution in [0.25, 0.3) is 0 Å². The lowest BCUT2D eigenvalue weighted by atomic mass is 10.0. The second-order valence-electron chi connectivity index (χ2n) is 5.03. The van der Waals surface area contributed by atoms with E-state index in [2.05, 4.69) is 5.32 Å². The Morgan fingerprint density at radius 3 is 2.57 bits per heavy atom. The molecular weight excluding hydrogens is 290 g/mol. The van der Waals surface area contributed by atoms with Crippen LogP contribution in [0.15, 0.2) is 29.2 Å². The molecule has 0 saturated heterocycles. The summed E-state index contributed by atoms with van der Waals surface area (Å²) in [5.41, 5.74) is 0. The lowest BCUT2D eigenvalue weighted by Crippen LogP contribution is -2.43. The van der Waals surface area contributed by atoms with E-state index in [1.54, 1.807) is 24.3 Å². The number of methoxy groups -OCH3 is 1. The number of benzene rings is 1. The van der Waals surface area contributed by atoms with Crippen molar-refractivity contribution in [1.82, 2.24) is 5.32 Å². The average Bonchev–Trinajstić information content (AvgIpc) is 2.44. The van der Waals surface area contributed by atoms with Crippen molar-refractivity contribution in [2.75, 3.05) is 12.9 Å². The van der Waals surface area contributed by atoms with Crippen LogP contribution in [0.1, 0.15) is 20.3 Å². The molecule has 0 aliphatic rings. The predicted molar refractivity (Wildman–Crippen MR) is 82.2 cm³/mol. The van der Waals surface area contributed by atoms with Crippen LogP contribution in [-0.2, 0) is 14.3 Å². The lowest BCUT2D eigenvalue weighted by Gasteiger charge is -2.18. The Bertz CT molecular complexity index is 490. The van der Waals surface area contributed by atoms with Crippen LogP contribution in [0.3, 0.4) is 0 Å². The molecule has 0 spiro atoms. The normalized spacial score (nSPS) is 12.0. The molecule has 1 atom stereocenters. The fourth-order valence-electron chi connectivity index (χ4n) is 1.79. The van der Waals surface area contributed by atoms with Gasteiger partial charge in [-0.2, -0.15) is 0 Å². The fourth-order valence-corrected chi connectivity index (χ4v) is 2.55. The number of amides is 1. The zero-order chi connectivity index (χ0) is 15.8. The van der Waals surface area contributed by atoms with Crippen LogP contribution in [-0.4, -0.2) is 35.9 Å². The summed E-state index contributed by atoms with van der Waals surface area (Å²) in [5.74, 6) is -0.172. The Morgan fingerprint density at radius 2 is 2.00 bits per heavy atom. The fraction of sp³-hybridized carbons (Fsp3) is 0.467. The number of phenolic OH excluding ortho intramolecular Hbond substituents is 1. The molecular formula is C15H21NO4S. The van der Waals surface area contributed by atoms with Crippen LogP contribution in [0, 0.1) is 5.92 Å². The van der Waals surface area contributed by atoms with Crippen LogP contribution in [0.2, 0.25) is 0 Å². The first-order valence-electron chi connectivity index (χ1n) is 6.72. The smallest absolute Gasteiger partial charge is 0.328 e. The maximum absolute atomic E-state index is 11.9. The number of ether oxygens (including phenoxy) is 1. The number of rotatable bonds is 7. The Labute approximate surface area is 129 Å². The van der Waals surface area contributed by atoms with E-state index >= 15 is 0 Å². The number of para-hydroxylation sites is 1. The molecule has 21 heavy (non-hydrogen) atoms. The van der Waals surface area contributed by atoms with Gasteiger partial charge >= 0.3 is 5.97 Å². The molecule has 5 nitrogen and oxygen atoms in total. The van der Waals surface area contributed by atoms with E-state index in [0.29, 0.717) is 11.3 Å². The third-order valence-electron chi connectivity index (χ3n) is 2.75. The highest BCUT2D eigenvalue weighted by Gasteiger charge is 2.22. The van der Waals surface area contributed by atoms with E-state index in [1.807, 2.05) is 13.8 Å². The number of hydrogen-bond acceptors (Lipinski definition) is 5. The molecule has 0 aliphatic heterocycles. The monoisotopic (exact) mass is 311 g/mol. The molecule has 1 aromatic rings. The number of nitrogens with one attached hydrogen (secondary N) is 1. The van der Waals surface area contributed by atoms with Crippen molar-refractivity contribution in [2.45, 2.75) is 31.2 Å². The van der Waals surface area contributed by atoms with Gasteiger partial charge in [0.1, 0.15) is 11.8 Å². The first-order valence-corrected chi connectivity index (χ1v) is 7.70. The Kier molecular flexibility index (Phi) is 7.08. The minimum atomic E-state index is -0.632. The SMILES string of the molecule is COC(=O)C(CC(C)C)NC(=O)CSc1ccccc1O.